The van der Waals surface area contributed by atoms with Gasteiger partial charge < -0.3 is 5.32 Å². The monoisotopic (exact) mass is 336 g/mol. The van der Waals surface area contributed by atoms with Gasteiger partial charge in [0.15, 0.2) is 5.13 Å². The van der Waals surface area contributed by atoms with Gasteiger partial charge in [0.1, 0.15) is 12.1 Å². The minimum atomic E-state index is 0.727. The van der Waals surface area contributed by atoms with E-state index in [1.54, 1.807) is 30.1 Å². The van der Waals surface area contributed by atoms with Gasteiger partial charge >= 0.3 is 0 Å². The van der Waals surface area contributed by atoms with Crippen LogP contribution in [-0.2, 0) is 13.1 Å². The molecule has 6 nitrogen and oxygen atoms in total. The zero-order valence-corrected chi connectivity index (χ0v) is 13.7. The molecule has 0 spiro atoms. The first-order chi connectivity index (χ1) is 11.9. The lowest BCUT2D eigenvalue weighted by molar-refractivity contribution is 0.664. The van der Waals surface area contributed by atoms with Crippen LogP contribution in [0.4, 0.5) is 0 Å². The molecule has 0 unspecified atom stereocenters. The Bertz CT molecular complexity index is 895. The predicted molar refractivity (Wildman–Crippen MR) is 93.3 cm³/mol. The average Bonchev–Trinajstić information content (AvgIpc) is 3.37. The molecular formula is C17H16N6S. The number of imidazole rings is 1. The molecule has 7 heteroatoms. The van der Waals surface area contributed by atoms with Gasteiger partial charge in [-0.3, -0.25) is 9.13 Å². The lowest BCUT2D eigenvalue weighted by atomic mass is 10.2. The van der Waals surface area contributed by atoms with Crippen molar-refractivity contribution in [3.05, 3.63) is 78.2 Å². The van der Waals surface area contributed by atoms with Gasteiger partial charge in [0, 0.05) is 60.7 Å². The number of thiazole rings is 1. The van der Waals surface area contributed by atoms with E-state index in [0.29, 0.717) is 0 Å². The molecule has 0 aliphatic heterocycles. The predicted octanol–water partition coefficient (Wildman–Crippen LogP) is 2.80. The highest BCUT2D eigenvalue weighted by atomic mass is 32.1. The van der Waals surface area contributed by atoms with Crippen molar-refractivity contribution in [3.63, 3.8) is 0 Å². The van der Waals surface area contributed by atoms with Crippen LogP contribution in [0, 0.1) is 0 Å². The third-order valence-electron chi connectivity index (χ3n) is 3.70. The number of pyridine rings is 1. The van der Waals surface area contributed by atoms with Crippen LogP contribution in [0.5, 0.6) is 0 Å². The standard InChI is InChI=1S/C17H16N6S/c1-3-14(16(20-5-1)22-9-6-18-13-22)11-19-12-15-4-2-8-23(15)17-21-7-10-24-17/h1-10,13,19H,11-12H2. The van der Waals surface area contributed by atoms with Crippen LogP contribution in [0.15, 0.2) is 67.0 Å². The summed E-state index contributed by atoms with van der Waals surface area (Å²) in [5, 5.41) is 6.46. The van der Waals surface area contributed by atoms with Crippen LogP contribution in [0.3, 0.4) is 0 Å². The minimum Gasteiger partial charge on any atom is -0.307 e. The van der Waals surface area contributed by atoms with E-state index in [9.17, 15) is 0 Å². The Morgan fingerprint density at radius 2 is 2.00 bits per heavy atom. The van der Waals surface area contributed by atoms with Crippen LogP contribution in [0.1, 0.15) is 11.3 Å². The third kappa shape index (κ3) is 2.99. The SMILES string of the molecule is c1cnc(-n2ccnc2)c(CNCc2cccn2-c2nccs2)c1. The van der Waals surface area contributed by atoms with Crippen LogP contribution in [-0.4, -0.2) is 24.1 Å². The summed E-state index contributed by atoms with van der Waals surface area (Å²) in [6.45, 7) is 1.48. The first kappa shape index (κ1) is 14.8. The van der Waals surface area contributed by atoms with E-state index >= 15 is 0 Å². The summed E-state index contributed by atoms with van der Waals surface area (Å²) in [5.41, 5.74) is 2.31. The maximum atomic E-state index is 4.46. The molecule has 0 saturated carbocycles. The lowest BCUT2D eigenvalue weighted by Crippen LogP contribution is -2.17. The van der Waals surface area contributed by atoms with Gasteiger partial charge in [-0.25, -0.2) is 15.0 Å². The highest BCUT2D eigenvalue weighted by Gasteiger charge is 2.07. The first-order valence-electron chi connectivity index (χ1n) is 7.61. The quantitative estimate of drug-likeness (QED) is 0.588. The fraction of sp³-hybridized carbons (Fsp3) is 0.118. The molecule has 120 valence electrons. The molecule has 1 N–H and O–H groups in total. The van der Waals surface area contributed by atoms with E-state index in [0.717, 1.165) is 29.6 Å². The van der Waals surface area contributed by atoms with Crippen LogP contribution in [0.2, 0.25) is 0 Å². The summed E-state index contributed by atoms with van der Waals surface area (Å²) < 4.78 is 4.03. The smallest absolute Gasteiger partial charge is 0.193 e. The van der Waals surface area contributed by atoms with E-state index in [2.05, 4.69) is 37.0 Å². The Morgan fingerprint density at radius 1 is 1.00 bits per heavy atom. The fourth-order valence-corrected chi connectivity index (χ4v) is 3.25. The second-order valence-electron chi connectivity index (χ2n) is 5.24. The van der Waals surface area contributed by atoms with Crippen molar-refractivity contribution in [2.75, 3.05) is 0 Å². The molecule has 0 bridgehead atoms. The summed E-state index contributed by atoms with van der Waals surface area (Å²) in [5.74, 6) is 0.901. The molecule has 0 atom stereocenters. The number of nitrogens with zero attached hydrogens (tertiary/aromatic N) is 5. The van der Waals surface area contributed by atoms with Crippen molar-refractivity contribution in [2.24, 2.45) is 0 Å². The molecule has 0 fully saturated rings. The highest BCUT2D eigenvalue weighted by Crippen LogP contribution is 2.15. The summed E-state index contributed by atoms with van der Waals surface area (Å²) in [4.78, 5) is 12.9. The molecule has 0 saturated heterocycles. The highest BCUT2D eigenvalue weighted by molar-refractivity contribution is 7.12. The molecule has 0 amide bonds. The normalized spacial score (nSPS) is 11.0. The molecule has 0 radical (unpaired) electrons. The zero-order chi connectivity index (χ0) is 16.2. The van der Waals surface area contributed by atoms with Crippen LogP contribution < -0.4 is 5.32 Å². The third-order valence-corrected chi connectivity index (χ3v) is 4.47. The lowest BCUT2D eigenvalue weighted by Gasteiger charge is -2.11. The number of rotatable bonds is 6. The number of hydrogen-bond acceptors (Lipinski definition) is 5. The van der Waals surface area contributed by atoms with Crippen LogP contribution in [0.25, 0.3) is 10.9 Å². The molecule has 0 aromatic carbocycles. The Labute approximate surface area is 143 Å². The van der Waals surface area contributed by atoms with Crippen molar-refractivity contribution in [3.8, 4) is 10.9 Å². The molecule has 4 heterocycles. The second kappa shape index (κ2) is 6.77. The van der Waals surface area contributed by atoms with Gasteiger partial charge in [-0.05, 0) is 18.2 Å². The first-order valence-corrected chi connectivity index (χ1v) is 8.49. The summed E-state index contributed by atoms with van der Waals surface area (Å²) in [6, 6.07) is 8.18. The Hall–Kier alpha value is -2.77. The topological polar surface area (TPSA) is 60.6 Å². The molecular weight excluding hydrogens is 320 g/mol. The van der Waals surface area contributed by atoms with E-state index in [-0.39, 0.29) is 0 Å². The molecule has 4 aromatic rings. The maximum Gasteiger partial charge on any atom is 0.193 e. The summed E-state index contributed by atoms with van der Waals surface area (Å²) in [7, 11) is 0. The van der Waals surface area contributed by atoms with Crippen molar-refractivity contribution in [2.45, 2.75) is 13.1 Å². The summed E-state index contributed by atoms with van der Waals surface area (Å²) >= 11 is 1.63. The maximum absolute atomic E-state index is 4.46. The molecule has 4 aromatic heterocycles. The second-order valence-corrected chi connectivity index (χ2v) is 6.12. The van der Waals surface area contributed by atoms with Gasteiger partial charge in [-0.2, -0.15) is 0 Å². The number of aromatic nitrogens is 5. The number of nitrogens with one attached hydrogen (secondary N) is 1. The zero-order valence-electron chi connectivity index (χ0n) is 12.9. The Kier molecular flexibility index (Phi) is 4.18. The van der Waals surface area contributed by atoms with E-state index in [4.69, 9.17) is 0 Å². The minimum absolute atomic E-state index is 0.727. The largest absolute Gasteiger partial charge is 0.307 e. The summed E-state index contributed by atoms with van der Waals surface area (Å²) in [6.07, 6.45) is 11.1. The van der Waals surface area contributed by atoms with Crippen molar-refractivity contribution >= 4 is 11.3 Å². The van der Waals surface area contributed by atoms with Gasteiger partial charge in [0.25, 0.3) is 0 Å². The van der Waals surface area contributed by atoms with E-state index in [1.807, 2.05) is 40.7 Å². The molecule has 4 rings (SSSR count). The van der Waals surface area contributed by atoms with Gasteiger partial charge in [0.2, 0.25) is 0 Å². The van der Waals surface area contributed by atoms with Gasteiger partial charge in [0.05, 0.1) is 0 Å². The van der Waals surface area contributed by atoms with Crippen molar-refractivity contribution in [1.29, 1.82) is 0 Å². The van der Waals surface area contributed by atoms with E-state index in [1.165, 1.54) is 5.69 Å². The average molecular weight is 336 g/mol. The Balaban J connectivity index is 1.47. The van der Waals surface area contributed by atoms with Gasteiger partial charge in [-0.15, -0.1) is 11.3 Å². The molecule has 0 aliphatic carbocycles. The van der Waals surface area contributed by atoms with Gasteiger partial charge in [-0.1, -0.05) is 6.07 Å². The van der Waals surface area contributed by atoms with Crippen molar-refractivity contribution in [1.82, 2.24) is 29.4 Å². The Morgan fingerprint density at radius 3 is 2.83 bits per heavy atom. The molecule has 24 heavy (non-hydrogen) atoms. The van der Waals surface area contributed by atoms with Crippen molar-refractivity contribution < 1.29 is 0 Å². The fourth-order valence-electron chi connectivity index (χ4n) is 2.59. The van der Waals surface area contributed by atoms with E-state index < -0.39 is 0 Å². The number of hydrogen-bond donors (Lipinski definition) is 1. The molecule has 0 aliphatic rings. The van der Waals surface area contributed by atoms with Crippen LogP contribution >= 0.6 is 11.3 Å².